The van der Waals surface area contributed by atoms with E-state index in [9.17, 15) is 0 Å². The fraction of sp³-hybridized carbons (Fsp3) is 0.143. The fourth-order valence-corrected chi connectivity index (χ4v) is 2.33. The number of nitrogens with zero attached hydrogens (tertiary/aromatic N) is 3. The molecular formula is C14H12ClN3. The third-order valence-corrected chi connectivity index (χ3v) is 3.24. The van der Waals surface area contributed by atoms with Gasteiger partial charge in [0.15, 0.2) is 0 Å². The summed E-state index contributed by atoms with van der Waals surface area (Å²) in [6, 6.07) is 14.5. The Kier molecular flexibility index (Phi) is 2.76. The lowest BCUT2D eigenvalue weighted by atomic mass is 10.1. The predicted octanol–water partition coefficient (Wildman–Crippen LogP) is 3.64. The largest absolute Gasteiger partial charge is 0.270 e. The number of halogens is 1. The van der Waals surface area contributed by atoms with E-state index in [1.54, 1.807) is 0 Å². The van der Waals surface area contributed by atoms with Crippen LogP contribution in [0.15, 0.2) is 42.5 Å². The van der Waals surface area contributed by atoms with E-state index in [1.807, 2.05) is 29.7 Å². The molecule has 3 rings (SSSR count). The lowest BCUT2D eigenvalue weighted by Gasteiger charge is -2.07. The molecule has 0 aliphatic rings. The molecule has 18 heavy (non-hydrogen) atoms. The van der Waals surface area contributed by atoms with Crippen molar-refractivity contribution in [1.82, 2.24) is 14.8 Å². The van der Waals surface area contributed by atoms with Crippen LogP contribution < -0.4 is 0 Å². The van der Waals surface area contributed by atoms with Gasteiger partial charge in [-0.05, 0) is 34.5 Å². The molecule has 4 heteroatoms. The first-order valence-electron chi connectivity index (χ1n) is 5.88. The summed E-state index contributed by atoms with van der Waals surface area (Å²) in [5, 5.41) is 10.8. The minimum absolute atomic E-state index is 0.405. The molecule has 0 bridgehead atoms. The summed E-state index contributed by atoms with van der Waals surface area (Å²) < 4.78 is 1.88. The van der Waals surface area contributed by atoms with Crippen LogP contribution in [0.4, 0.5) is 0 Å². The van der Waals surface area contributed by atoms with Crippen LogP contribution in [0.2, 0.25) is 5.28 Å². The van der Waals surface area contributed by atoms with Crippen LogP contribution in [0, 0.1) is 0 Å². The zero-order valence-corrected chi connectivity index (χ0v) is 10.7. The molecule has 0 fully saturated rings. The predicted molar refractivity (Wildman–Crippen MR) is 73.3 cm³/mol. The number of aryl methyl sites for hydroxylation is 1. The zero-order chi connectivity index (χ0) is 12.5. The molecule has 0 unspecified atom stereocenters. The van der Waals surface area contributed by atoms with Gasteiger partial charge in [-0.15, -0.1) is 10.2 Å². The fourth-order valence-electron chi connectivity index (χ4n) is 2.10. The van der Waals surface area contributed by atoms with Gasteiger partial charge in [-0.1, -0.05) is 37.3 Å². The molecule has 1 heterocycles. The Hall–Kier alpha value is -1.87. The molecule has 3 aromatic rings. The highest BCUT2D eigenvalue weighted by Gasteiger charge is 2.10. The lowest BCUT2D eigenvalue weighted by Crippen LogP contribution is -2.00. The van der Waals surface area contributed by atoms with Crippen LogP contribution in [0.5, 0.6) is 0 Å². The summed E-state index contributed by atoms with van der Waals surface area (Å²) in [5.41, 5.74) is 1.00. The Morgan fingerprint density at radius 2 is 1.83 bits per heavy atom. The molecule has 3 nitrogen and oxygen atoms in total. The average Bonchev–Trinajstić information content (AvgIpc) is 2.79. The Morgan fingerprint density at radius 1 is 1.06 bits per heavy atom. The van der Waals surface area contributed by atoms with Gasteiger partial charge in [0.2, 0.25) is 5.28 Å². The SMILES string of the molecule is CCc1nnc(Cl)n1-c1ccc2ccccc2c1. The number of benzene rings is 2. The third kappa shape index (κ3) is 1.77. The standard InChI is InChI=1S/C14H12ClN3/c1-2-13-16-17-14(15)18(13)12-8-7-10-5-3-4-6-11(10)9-12/h3-9H,2H2,1H3. The van der Waals surface area contributed by atoms with E-state index in [-0.39, 0.29) is 0 Å². The molecule has 1 aromatic heterocycles. The minimum Gasteiger partial charge on any atom is -0.270 e. The molecule has 2 aromatic carbocycles. The summed E-state index contributed by atoms with van der Waals surface area (Å²) in [4.78, 5) is 0. The van der Waals surface area contributed by atoms with Crippen LogP contribution in [-0.4, -0.2) is 14.8 Å². The van der Waals surface area contributed by atoms with Crippen molar-refractivity contribution in [2.24, 2.45) is 0 Å². The molecule has 0 atom stereocenters. The Labute approximate surface area is 110 Å². The van der Waals surface area contributed by atoms with Crippen LogP contribution >= 0.6 is 11.6 Å². The minimum atomic E-state index is 0.405. The van der Waals surface area contributed by atoms with E-state index < -0.39 is 0 Å². The second-order valence-electron chi connectivity index (χ2n) is 4.11. The normalized spacial score (nSPS) is 11.0. The lowest BCUT2D eigenvalue weighted by molar-refractivity contribution is 0.884. The van der Waals surface area contributed by atoms with Gasteiger partial charge in [0, 0.05) is 6.42 Å². The Bertz CT molecular complexity index is 703. The maximum Gasteiger partial charge on any atom is 0.229 e. The molecule has 0 aliphatic carbocycles. The Balaban J connectivity index is 2.22. The van der Waals surface area contributed by atoms with E-state index in [2.05, 4.69) is 34.5 Å². The van der Waals surface area contributed by atoms with E-state index in [4.69, 9.17) is 11.6 Å². The topological polar surface area (TPSA) is 30.7 Å². The monoisotopic (exact) mass is 257 g/mol. The smallest absolute Gasteiger partial charge is 0.229 e. The van der Waals surface area contributed by atoms with Crippen LogP contribution in [0.25, 0.3) is 16.5 Å². The average molecular weight is 258 g/mol. The number of aromatic nitrogens is 3. The van der Waals surface area contributed by atoms with Crippen LogP contribution in [0.1, 0.15) is 12.7 Å². The summed E-state index contributed by atoms with van der Waals surface area (Å²) in [7, 11) is 0. The molecule has 0 aliphatic heterocycles. The number of fused-ring (bicyclic) bond motifs is 1. The molecular weight excluding hydrogens is 246 g/mol. The molecule has 0 N–H and O–H groups in total. The van der Waals surface area contributed by atoms with E-state index in [0.717, 1.165) is 17.9 Å². The van der Waals surface area contributed by atoms with Crippen molar-refractivity contribution in [2.45, 2.75) is 13.3 Å². The summed E-state index contributed by atoms with van der Waals surface area (Å²) >= 11 is 6.10. The van der Waals surface area contributed by atoms with Gasteiger partial charge in [0.25, 0.3) is 0 Å². The summed E-state index contributed by atoms with van der Waals surface area (Å²) in [6.45, 7) is 2.04. The molecule has 0 spiro atoms. The third-order valence-electron chi connectivity index (χ3n) is 3.00. The van der Waals surface area contributed by atoms with Crippen molar-refractivity contribution in [3.8, 4) is 5.69 Å². The molecule has 90 valence electrons. The number of hydrogen-bond acceptors (Lipinski definition) is 2. The van der Waals surface area contributed by atoms with E-state index in [0.29, 0.717) is 5.28 Å². The van der Waals surface area contributed by atoms with Crippen LogP contribution in [-0.2, 0) is 6.42 Å². The van der Waals surface area contributed by atoms with Crippen molar-refractivity contribution in [3.63, 3.8) is 0 Å². The number of hydrogen-bond donors (Lipinski definition) is 0. The van der Waals surface area contributed by atoms with Gasteiger partial charge in [-0.2, -0.15) is 0 Å². The van der Waals surface area contributed by atoms with E-state index >= 15 is 0 Å². The number of rotatable bonds is 2. The maximum atomic E-state index is 6.10. The molecule has 0 radical (unpaired) electrons. The Morgan fingerprint density at radius 3 is 2.61 bits per heavy atom. The molecule has 0 saturated carbocycles. The van der Waals surface area contributed by atoms with Crippen LogP contribution in [0.3, 0.4) is 0 Å². The van der Waals surface area contributed by atoms with Crippen molar-refractivity contribution < 1.29 is 0 Å². The highest BCUT2D eigenvalue weighted by molar-refractivity contribution is 6.28. The van der Waals surface area contributed by atoms with Crippen molar-refractivity contribution in [1.29, 1.82) is 0 Å². The van der Waals surface area contributed by atoms with Crippen molar-refractivity contribution in [2.75, 3.05) is 0 Å². The first-order chi connectivity index (χ1) is 8.79. The first-order valence-corrected chi connectivity index (χ1v) is 6.26. The second-order valence-corrected chi connectivity index (χ2v) is 4.44. The van der Waals surface area contributed by atoms with E-state index in [1.165, 1.54) is 10.8 Å². The highest BCUT2D eigenvalue weighted by atomic mass is 35.5. The first kappa shape index (κ1) is 11.2. The highest BCUT2D eigenvalue weighted by Crippen LogP contribution is 2.22. The summed E-state index contributed by atoms with van der Waals surface area (Å²) in [5.74, 6) is 0.871. The van der Waals surface area contributed by atoms with Gasteiger partial charge in [0.05, 0.1) is 5.69 Å². The molecule has 0 amide bonds. The van der Waals surface area contributed by atoms with Gasteiger partial charge < -0.3 is 0 Å². The van der Waals surface area contributed by atoms with Crippen molar-refractivity contribution in [3.05, 3.63) is 53.6 Å². The van der Waals surface area contributed by atoms with Gasteiger partial charge in [-0.3, -0.25) is 4.57 Å². The maximum absolute atomic E-state index is 6.10. The van der Waals surface area contributed by atoms with Gasteiger partial charge in [-0.25, -0.2) is 0 Å². The van der Waals surface area contributed by atoms with Crippen molar-refractivity contribution >= 4 is 22.4 Å². The van der Waals surface area contributed by atoms with Gasteiger partial charge >= 0.3 is 0 Å². The molecule has 0 saturated heterocycles. The summed E-state index contributed by atoms with van der Waals surface area (Å²) in [6.07, 6.45) is 0.798. The van der Waals surface area contributed by atoms with Gasteiger partial charge in [0.1, 0.15) is 5.82 Å². The zero-order valence-electron chi connectivity index (χ0n) is 9.97. The quantitative estimate of drug-likeness (QED) is 0.702. The second kappa shape index (κ2) is 4.42.